The SMILES string of the molecule is CC(C)CN(C[C@@H](O)[C@](C)(Cc1ccccc1)NC(=O)OC(C)(C)C)S(=O)(=O)c1ccc([N+](=O)[O-])cc1. The fourth-order valence-electron chi connectivity index (χ4n) is 3.76. The molecule has 0 aliphatic rings. The molecule has 2 rings (SSSR count). The zero-order chi connectivity index (χ0) is 28.0. The molecule has 0 spiro atoms. The van der Waals surface area contributed by atoms with Gasteiger partial charge in [-0.15, -0.1) is 0 Å². The van der Waals surface area contributed by atoms with Gasteiger partial charge in [0.1, 0.15) is 5.60 Å². The van der Waals surface area contributed by atoms with Gasteiger partial charge < -0.3 is 15.2 Å². The van der Waals surface area contributed by atoms with Gasteiger partial charge in [-0.2, -0.15) is 4.31 Å². The average molecular weight is 536 g/mol. The smallest absolute Gasteiger partial charge is 0.408 e. The summed E-state index contributed by atoms with van der Waals surface area (Å²) in [5, 5.41) is 25.2. The van der Waals surface area contributed by atoms with E-state index in [-0.39, 0.29) is 36.0 Å². The van der Waals surface area contributed by atoms with Crippen LogP contribution in [0.2, 0.25) is 0 Å². The molecule has 0 aromatic heterocycles. The van der Waals surface area contributed by atoms with Gasteiger partial charge in [-0.3, -0.25) is 10.1 Å². The van der Waals surface area contributed by atoms with Crippen molar-refractivity contribution in [2.45, 2.75) is 70.1 Å². The summed E-state index contributed by atoms with van der Waals surface area (Å²) in [7, 11) is -4.12. The first-order valence-corrected chi connectivity index (χ1v) is 13.5. The second kappa shape index (κ2) is 12.0. The molecule has 0 fully saturated rings. The number of alkyl carbamates (subject to hydrolysis) is 1. The van der Waals surface area contributed by atoms with Crippen LogP contribution in [0.1, 0.15) is 47.1 Å². The van der Waals surface area contributed by atoms with Crippen molar-refractivity contribution < 1.29 is 28.0 Å². The lowest BCUT2D eigenvalue weighted by Gasteiger charge is -2.38. The lowest BCUT2D eigenvalue weighted by molar-refractivity contribution is -0.384. The molecule has 0 unspecified atom stereocenters. The number of non-ortho nitro benzene ring substituents is 1. The first-order valence-electron chi connectivity index (χ1n) is 12.0. The number of nitrogens with zero attached hydrogens (tertiary/aromatic N) is 2. The van der Waals surface area contributed by atoms with Gasteiger partial charge in [-0.1, -0.05) is 44.2 Å². The van der Waals surface area contributed by atoms with Crippen molar-refractivity contribution in [3.8, 4) is 0 Å². The molecule has 204 valence electrons. The molecule has 0 heterocycles. The molecule has 0 aliphatic carbocycles. The van der Waals surface area contributed by atoms with Crippen LogP contribution < -0.4 is 5.32 Å². The van der Waals surface area contributed by atoms with Crippen LogP contribution in [0.15, 0.2) is 59.5 Å². The highest BCUT2D eigenvalue weighted by Crippen LogP contribution is 2.25. The summed E-state index contributed by atoms with van der Waals surface area (Å²) in [6, 6.07) is 13.8. The topological polar surface area (TPSA) is 139 Å². The normalized spacial score (nSPS) is 14.7. The summed E-state index contributed by atoms with van der Waals surface area (Å²) in [5.41, 5.74) is -1.46. The van der Waals surface area contributed by atoms with E-state index < -0.39 is 38.3 Å². The number of nitrogens with one attached hydrogen (secondary N) is 1. The van der Waals surface area contributed by atoms with Crippen molar-refractivity contribution in [2.75, 3.05) is 13.1 Å². The van der Waals surface area contributed by atoms with E-state index in [2.05, 4.69) is 5.32 Å². The number of sulfonamides is 1. The first-order chi connectivity index (χ1) is 17.0. The van der Waals surface area contributed by atoms with Crippen LogP contribution in [0.4, 0.5) is 10.5 Å². The van der Waals surface area contributed by atoms with E-state index >= 15 is 0 Å². The minimum absolute atomic E-state index is 0.0841. The van der Waals surface area contributed by atoms with Crippen molar-refractivity contribution in [1.29, 1.82) is 0 Å². The number of nitro groups is 1. The molecular weight excluding hydrogens is 498 g/mol. The highest BCUT2D eigenvalue weighted by Gasteiger charge is 2.39. The molecular formula is C26H37N3O7S. The van der Waals surface area contributed by atoms with Crippen molar-refractivity contribution >= 4 is 21.8 Å². The molecule has 11 heteroatoms. The number of nitro benzene ring substituents is 1. The predicted octanol–water partition coefficient (Wildman–Crippen LogP) is 4.13. The summed E-state index contributed by atoms with van der Waals surface area (Å²) in [6.45, 7) is 10.2. The van der Waals surface area contributed by atoms with E-state index in [1.165, 1.54) is 12.1 Å². The zero-order valence-corrected chi connectivity index (χ0v) is 23.0. The third-order valence-corrected chi connectivity index (χ3v) is 7.41. The van der Waals surface area contributed by atoms with Gasteiger partial charge in [0.2, 0.25) is 10.0 Å². The highest BCUT2D eigenvalue weighted by molar-refractivity contribution is 7.89. The average Bonchev–Trinajstić information content (AvgIpc) is 2.77. The Morgan fingerprint density at radius 2 is 1.62 bits per heavy atom. The quantitative estimate of drug-likeness (QED) is 0.326. The van der Waals surface area contributed by atoms with Crippen LogP contribution in [0.5, 0.6) is 0 Å². The van der Waals surface area contributed by atoms with Gasteiger partial charge in [0, 0.05) is 25.2 Å². The van der Waals surface area contributed by atoms with Gasteiger partial charge >= 0.3 is 6.09 Å². The third-order valence-electron chi connectivity index (χ3n) is 5.57. The predicted molar refractivity (Wildman–Crippen MR) is 141 cm³/mol. The molecule has 2 atom stereocenters. The number of aliphatic hydroxyl groups is 1. The Hall–Kier alpha value is -3.02. The van der Waals surface area contributed by atoms with Gasteiger partial charge in [0.05, 0.1) is 21.5 Å². The summed E-state index contributed by atoms with van der Waals surface area (Å²) in [6.07, 6.45) is -1.85. The molecule has 0 aliphatic heterocycles. The van der Waals surface area contributed by atoms with Gasteiger partial charge in [0.15, 0.2) is 0 Å². The zero-order valence-electron chi connectivity index (χ0n) is 22.2. The maximum Gasteiger partial charge on any atom is 0.408 e. The monoisotopic (exact) mass is 535 g/mol. The minimum Gasteiger partial charge on any atom is -0.444 e. The van der Waals surface area contributed by atoms with Gasteiger partial charge in [0.25, 0.3) is 5.69 Å². The Labute approximate surface area is 218 Å². The Bertz CT molecular complexity index is 1160. The van der Waals surface area contributed by atoms with Crippen LogP contribution in [-0.2, 0) is 21.2 Å². The number of amides is 1. The first kappa shape index (κ1) is 30.2. The summed E-state index contributed by atoms with van der Waals surface area (Å²) in [5.74, 6) is -0.0841. The van der Waals surface area contributed by atoms with E-state index in [9.17, 15) is 28.4 Å². The molecule has 2 aromatic carbocycles. The lowest BCUT2D eigenvalue weighted by Crippen LogP contribution is -2.60. The molecule has 2 aromatic rings. The molecule has 0 saturated carbocycles. The van der Waals surface area contributed by atoms with E-state index in [1.807, 2.05) is 44.2 Å². The maximum atomic E-state index is 13.5. The number of carbonyl (C=O) groups excluding carboxylic acids is 1. The summed E-state index contributed by atoms with van der Waals surface area (Å²) in [4.78, 5) is 23.0. The number of rotatable bonds is 11. The second-order valence-corrected chi connectivity index (χ2v) is 12.6. The number of hydrogen-bond acceptors (Lipinski definition) is 7. The van der Waals surface area contributed by atoms with E-state index in [4.69, 9.17) is 4.74 Å². The Balaban J connectivity index is 2.41. The fraction of sp³-hybridized carbons (Fsp3) is 0.500. The summed E-state index contributed by atoms with van der Waals surface area (Å²) < 4.78 is 33.6. The van der Waals surface area contributed by atoms with Crippen LogP contribution >= 0.6 is 0 Å². The molecule has 0 radical (unpaired) electrons. The number of aliphatic hydroxyl groups excluding tert-OH is 1. The molecule has 37 heavy (non-hydrogen) atoms. The van der Waals surface area contributed by atoms with Gasteiger partial charge in [-0.05, 0) is 57.7 Å². The van der Waals surface area contributed by atoms with Crippen molar-refractivity contribution in [1.82, 2.24) is 9.62 Å². The van der Waals surface area contributed by atoms with Crippen LogP contribution in [0.3, 0.4) is 0 Å². The largest absolute Gasteiger partial charge is 0.444 e. The molecule has 2 N–H and O–H groups in total. The van der Waals surface area contributed by atoms with Crippen LogP contribution in [-0.4, -0.2) is 59.2 Å². The Morgan fingerprint density at radius 1 is 1.05 bits per heavy atom. The number of carbonyl (C=O) groups is 1. The van der Waals surface area contributed by atoms with Crippen molar-refractivity contribution in [2.24, 2.45) is 5.92 Å². The maximum absolute atomic E-state index is 13.5. The number of hydrogen-bond donors (Lipinski definition) is 2. The Morgan fingerprint density at radius 3 is 2.11 bits per heavy atom. The lowest BCUT2D eigenvalue weighted by atomic mass is 9.87. The summed E-state index contributed by atoms with van der Waals surface area (Å²) >= 11 is 0. The second-order valence-electron chi connectivity index (χ2n) is 10.7. The number of ether oxygens (including phenoxy) is 1. The van der Waals surface area contributed by atoms with Crippen LogP contribution in [0.25, 0.3) is 0 Å². The van der Waals surface area contributed by atoms with Crippen LogP contribution in [0, 0.1) is 16.0 Å². The van der Waals surface area contributed by atoms with E-state index in [1.54, 1.807) is 27.7 Å². The molecule has 1 amide bonds. The van der Waals surface area contributed by atoms with E-state index in [0.717, 1.165) is 22.0 Å². The molecule has 10 nitrogen and oxygen atoms in total. The third kappa shape index (κ3) is 8.80. The van der Waals surface area contributed by atoms with E-state index in [0.29, 0.717) is 0 Å². The van der Waals surface area contributed by atoms with Crippen molar-refractivity contribution in [3.63, 3.8) is 0 Å². The highest BCUT2D eigenvalue weighted by atomic mass is 32.2. The minimum atomic E-state index is -4.12. The van der Waals surface area contributed by atoms with Crippen molar-refractivity contribution in [3.05, 3.63) is 70.3 Å². The molecule has 0 saturated heterocycles. The Kier molecular flexibility index (Phi) is 9.81. The standard InChI is InChI=1S/C26H37N3O7S/c1-19(2)17-28(37(34,35)22-14-12-21(13-15-22)29(32)33)18-23(30)26(6,16-20-10-8-7-9-11-20)27-24(31)36-25(3,4)5/h7-15,19,23,30H,16-18H2,1-6H3,(H,27,31)/t23-,26+/m1/s1. The fourth-order valence-corrected chi connectivity index (χ4v) is 5.37. The molecule has 0 bridgehead atoms. The number of benzene rings is 2. The van der Waals surface area contributed by atoms with Gasteiger partial charge in [-0.25, -0.2) is 13.2 Å².